The molecule has 1 atom stereocenters. The first-order chi connectivity index (χ1) is 17.4. The number of phenols is 1. The second-order valence-corrected chi connectivity index (χ2v) is 9.44. The topological polar surface area (TPSA) is 101 Å². The summed E-state index contributed by atoms with van der Waals surface area (Å²) in [5.41, 5.74) is 0.978. The third kappa shape index (κ3) is 5.27. The summed E-state index contributed by atoms with van der Waals surface area (Å²) in [6.07, 6.45) is 1.94. The molecule has 0 spiro atoms. The highest BCUT2D eigenvalue weighted by atomic mass is 16.5. The van der Waals surface area contributed by atoms with E-state index in [1.807, 2.05) is 36.4 Å². The standard InChI is InChI=1S/C27H35N3O6/c1-34-14-13-30-25(32)27(28-26(30)33,17-19-5-4-6-22(15-19)35-2)21-9-11-29(12-10-21)18-20-7-8-23(31)24(16-20)36-3/h4-8,15-16,21,31H,9-14,17-18H2,1-3H3,(H,28,33)/t27-/m1/s1. The molecular formula is C27H35N3O6. The third-order valence-electron chi connectivity index (χ3n) is 7.27. The Hall–Kier alpha value is -3.30. The number of imide groups is 1. The van der Waals surface area contributed by atoms with Gasteiger partial charge in [0.15, 0.2) is 11.5 Å². The van der Waals surface area contributed by atoms with E-state index in [0.717, 1.165) is 42.8 Å². The molecule has 0 aromatic heterocycles. The average Bonchev–Trinajstić information content (AvgIpc) is 3.13. The zero-order chi connectivity index (χ0) is 25.7. The van der Waals surface area contributed by atoms with E-state index in [1.165, 1.54) is 12.0 Å². The van der Waals surface area contributed by atoms with E-state index in [1.54, 1.807) is 20.3 Å². The molecule has 2 N–H and O–H groups in total. The SMILES string of the molecule is COCCN1C(=O)N[C@](Cc2cccc(OC)c2)(C2CCN(Cc3ccc(O)c(OC)c3)CC2)C1=O. The Morgan fingerprint density at radius 2 is 1.81 bits per heavy atom. The summed E-state index contributed by atoms with van der Waals surface area (Å²) in [5.74, 6) is 1.09. The number of nitrogens with zero attached hydrogens (tertiary/aromatic N) is 2. The van der Waals surface area contributed by atoms with Crippen LogP contribution in [-0.2, 0) is 22.5 Å². The van der Waals surface area contributed by atoms with E-state index in [0.29, 0.717) is 25.3 Å². The fraction of sp³-hybridized carbons (Fsp3) is 0.481. The first kappa shape index (κ1) is 25.8. The van der Waals surface area contributed by atoms with Crippen LogP contribution in [0.1, 0.15) is 24.0 Å². The number of amides is 3. The molecule has 0 unspecified atom stereocenters. The fourth-order valence-electron chi connectivity index (χ4n) is 5.34. The number of phenolic OH excluding ortho intramolecular Hbond substituents is 1. The lowest BCUT2D eigenvalue weighted by Crippen LogP contribution is -2.57. The van der Waals surface area contributed by atoms with Crippen LogP contribution in [-0.4, -0.2) is 80.0 Å². The number of likely N-dealkylation sites (tertiary alicyclic amines) is 1. The first-order valence-corrected chi connectivity index (χ1v) is 12.2. The van der Waals surface area contributed by atoms with Crippen LogP contribution in [0.25, 0.3) is 0 Å². The minimum Gasteiger partial charge on any atom is -0.504 e. The van der Waals surface area contributed by atoms with Gasteiger partial charge in [-0.15, -0.1) is 0 Å². The molecule has 0 saturated carbocycles. The number of methoxy groups -OCH3 is 3. The number of benzene rings is 2. The number of piperidine rings is 1. The molecule has 4 rings (SSSR count). The van der Waals surface area contributed by atoms with E-state index in [4.69, 9.17) is 14.2 Å². The number of rotatable bonds is 10. The van der Waals surface area contributed by atoms with Gasteiger partial charge in [0, 0.05) is 20.1 Å². The number of hydrogen-bond acceptors (Lipinski definition) is 7. The van der Waals surface area contributed by atoms with Crippen molar-refractivity contribution in [1.29, 1.82) is 0 Å². The molecule has 2 heterocycles. The molecule has 0 aliphatic carbocycles. The summed E-state index contributed by atoms with van der Waals surface area (Å²) in [7, 11) is 4.71. The highest BCUT2D eigenvalue weighted by Gasteiger charge is 2.55. The van der Waals surface area contributed by atoms with Crippen LogP contribution < -0.4 is 14.8 Å². The summed E-state index contributed by atoms with van der Waals surface area (Å²) < 4.78 is 15.8. The number of carbonyl (C=O) groups excluding carboxylic acids is 2. The minimum absolute atomic E-state index is 0.0155. The highest BCUT2D eigenvalue weighted by molar-refractivity contribution is 6.07. The van der Waals surface area contributed by atoms with Gasteiger partial charge in [-0.2, -0.15) is 0 Å². The molecule has 9 heteroatoms. The molecule has 0 bridgehead atoms. The molecule has 2 aliphatic heterocycles. The molecule has 2 fully saturated rings. The maximum atomic E-state index is 13.8. The molecule has 3 amide bonds. The summed E-state index contributed by atoms with van der Waals surface area (Å²) in [4.78, 5) is 30.3. The molecular weight excluding hydrogens is 462 g/mol. The van der Waals surface area contributed by atoms with Crippen molar-refractivity contribution in [2.45, 2.75) is 31.3 Å². The zero-order valence-electron chi connectivity index (χ0n) is 21.2. The monoisotopic (exact) mass is 497 g/mol. The van der Waals surface area contributed by atoms with Gasteiger partial charge in [0.1, 0.15) is 11.3 Å². The van der Waals surface area contributed by atoms with Crippen LogP contribution in [0.4, 0.5) is 4.79 Å². The third-order valence-corrected chi connectivity index (χ3v) is 7.27. The Morgan fingerprint density at radius 1 is 1.03 bits per heavy atom. The fourth-order valence-corrected chi connectivity index (χ4v) is 5.34. The smallest absolute Gasteiger partial charge is 0.325 e. The largest absolute Gasteiger partial charge is 0.504 e. The molecule has 36 heavy (non-hydrogen) atoms. The van der Waals surface area contributed by atoms with Crippen molar-refractivity contribution >= 4 is 11.9 Å². The Balaban J connectivity index is 1.52. The second-order valence-electron chi connectivity index (χ2n) is 9.44. The lowest BCUT2D eigenvalue weighted by molar-refractivity contribution is -0.134. The van der Waals surface area contributed by atoms with Crippen LogP contribution >= 0.6 is 0 Å². The van der Waals surface area contributed by atoms with Crippen molar-refractivity contribution in [2.75, 3.05) is 47.6 Å². The van der Waals surface area contributed by atoms with Crippen molar-refractivity contribution in [3.63, 3.8) is 0 Å². The molecule has 0 radical (unpaired) electrons. The van der Waals surface area contributed by atoms with Gasteiger partial charge in [-0.3, -0.25) is 14.6 Å². The van der Waals surface area contributed by atoms with Crippen LogP contribution in [0.15, 0.2) is 42.5 Å². The Bertz CT molecular complexity index is 1080. The summed E-state index contributed by atoms with van der Waals surface area (Å²) in [5, 5.41) is 13.0. The van der Waals surface area contributed by atoms with Gasteiger partial charge < -0.3 is 24.6 Å². The predicted octanol–water partition coefficient (Wildman–Crippen LogP) is 2.80. The maximum absolute atomic E-state index is 13.8. The first-order valence-electron chi connectivity index (χ1n) is 12.2. The van der Waals surface area contributed by atoms with Crippen LogP contribution in [0, 0.1) is 5.92 Å². The van der Waals surface area contributed by atoms with Crippen LogP contribution in [0.5, 0.6) is 17.2 Å². The van der Waals surface area contributed by atoms with Gasteiger partial charge in [-0.05, 0) is 67.2 Å². The van der Waals surface area contributed by atoms with E-state index in [2.05, 4.69) is 10.2 Å². The van der Waals surface area contributed by atoms with Gasteiger partial charge in [0.2, 0.25) is 0 Å². The Labute approximate surface area is 211 Å². The molecule has 2 aliphatic rings. The summed E-state index contributed by atoms with van der Waals surface area (Å²) in [6, 6.07) is 12.7. The molecule has 2 saturated heterocycles. The number of aromatic hydroxyl groups is 1. The van der Waals surface area contributed by atoms with Gasteiger partial charge in [-0.1, -0.05) is 18.2 Å². The van der Waals surface area contributed by atoms with Crippen molar-refractivity contribution < 1.29 is 28.9 Å². The number of hydrogen-bond donors (Lipinski definition) is 2. The van der Waals surface area contributed by atoms with Crippen LogP contribution in [0.2, 0.25) is 0 Å². The minimum atomic E-state index is -1.01. The van der Waals surface area contributed by atoms with Gasteiger partial charge in [-0.25, -0.2) is 4.79 Å². The van der Waals surface area contributed by atoms with E-state index >= 15 is 0 Å². The lowest BCUT2D eigenvalue weighted by Gasteiger charge is -2.41. The second kappa shape index (κ2) is 11.2. The van der Waals surface area contributed by atoms with Crippen molar-refractivity contribution in [3.8, 4) is 17.2 Å². The van der Waals surface area contributed by atoms with Crippen molar-refractivity contribution in [1.82, 2.24) is 15.1 Å². The molecule has 2 aromatic carbocycles. The van der Waals surface area contributed by atoms with E-state index in [-0.39, 0.29) is 30.2 Å². The maximum Gasteiger partial charge on any atom is 0.325 e. The Morgan fingerprint density at radius 3 is 2.50 bits per heavy atom. The van der Waals surface area contributed by atoms with Gasteiger partial charge in [0.05, 0.1) is 27.4 Å². The number of nitrogens with one attached hydrogen (secondary N) is 1. The lowest BCUT2D eigenvalue weighted by atomic mass is 9.74. The predicted molar refractivity (Wildman–Crippen MR) is 134 cm³/mol. The van der Waals surface area contributed by atoms with Crippen LogP contribution in [0.3, 0.4) is 0 Å². The normalized spacial score (nSPS) is 21.0. The summed E-state index contributed by atoms with van der Waals surface area (Å²) >= 11 is 0. The average molecular weight is 498 g/mol. The highest BCUT2D eigenvalue weighted by Crippen LogP contribution is 2.37. The molecule has 9 nitrogen and oxygen atoms in total. The van der Waals surface area contributed by atoms with Crippen molar-refractivity contribution in [2.24, 2.45) is 5.92 Å². The number of urea groups is 1. The van der Waals surface area contributed by atoms with Gasteiger partial charge in [0.25, 0.3) is 5.91 Å². The Kier molecular flexibility index (Phi) is 8.01. The zero-order valence-corrected chi connectivity index (χ0v) is 21.2. The molecule has 2 aromatic rings. The quantitative estimate of drug-likeness (QED) is 0.487. The molecule has 194 valence electrons. The van der Waals surface area contributed by atoms with Gasteiger partial charge >= 0.3 is 6.03 Å². The van der Waals surface area contributed by atoms with E-state index in [9.17, 15) is 14.7 Å². The summed E-state index contributed by atoms with van der Waals surface area (Å²) in [6.45, 7) is 2.81. The van der Waals surface area contributed by atoms with E-state index < -0.39 is 5.54 Å². The van der Waals surface area contributed by atoms with Crippen molar-refractivity contribution in [3.05, 3.63) is 53.6 Å². The number of ether oxygens (including phenoxy) is 3. The number of carbonyl (C=O) groups is 2.